The number of esters is 1. The lowest BCUT2D eigenvalue weighted by Crippen LogP contribution is -2.19. The summed E-state index contributed by atoms with van der Waals surface area (Å²) in [6.07, 6.45) is 6.16. The summed E-state index contributed by atoms with van der Waals surface area (Å²) in [5.74, 6) is -0.638. The number of aromatic nitrogens is 2. The highest BCUT2D eigenvalue weighted by Gasteiger charge is 2.28. The van der Waals surface area contributed by atoms with Gasteiger partial charge in [0.15, 0.2) is 0 Å². The fraction of sp³-hybridized carbons (Fsp3) is 0.471. The number of rotatable bonds is 5. The van der Waals surface area contributed by atoms with E-state index in [0.717, 1.165) is 41.2 Å². The minimum absolute atomic E-state index is 0.149. The van der Waals surface area contributed by atoms with E-state index in [-0.39, 0.29) is 18.0 Å². The molecule has 2 aromatic rings. The average Bonchev–Trinajstić information content (AvgIpc) is 3.17. The lowest BCUT2D eigenvalue weighted by molar-refractivity contribution is 0.0335. The molecule has 3 rings (SSSR count). The van der Waals surface area contributed by atoms with Crippen molar-refractivity contribution in [3.8, 4) is 0 Å². The van der Waals surface area contributed by atoms with Crippen LogP contribution in [0.25, 0.3) is 0 Å². The van der Waals surface area contributed by atoms with Gasteiger partial charge in [-0.25, -0.2) is 4.79 Å². The third-order valence-electron chi connectivity index (χ3n) is 4.31. The van der Waals surface area contributed by atoms with Crippen LogP contribution >= 0.6 is 33.9 Å². The maximum absolute atomic E-state index is 12.7. The molecule has 1 atom stereocenters. The van der Waals surface area contributed by atoms with Gasteiger partial charge in [-0.15, -0.1) is 11.3 Å². The number of anilines is 1. The van der Waals surface area contributed by atoms with Crippen LogP contribution in [-0.2, 0) is 17.6 Å². The third-order valence-corrected chi connectivity index (χ3v) is 6.33. The number of amides is 1. The second kappa shape index (κ2) is 7.86. The van der Waals surface area contributed by atoms with Crippen molar-refractivity contribution in [2.75, 3.05) is 5.32 Å². The molecule has 0 bridgehead atoms. The highest BCUT2D eigenvalue weighted by atomic mass is 127. The van der Waals surface area contributed by atoms with Gasteiger partial charge in [0.05, 0.1) is 21.4 Å². The van der Waals surface area contributed by atoms with Crippen LogP contribution in [0.5, 0.6) is 0 Å². The molecule has 1 amide bonds. The molecular weight excluding hydrogens is 453 g/mol. The number of fused-ring (bicyclic) bond motifs is 1. The van der Waals surface area contributed by atoms with E-state index < -0.39 is 0 Å². The Morgan fingerprint density at radius 2 is 2.20 bits per heavy atom. The summed E-state index contributed by atoms with van der Waals surface area (Å²) in [6.45, 7) is 3.85. The lowest BCUT2D eigenvalue weighted by Gasteiger charge is -2.15. The second-order valence-electron chi connectivity index (χ2n) is 6.09. The first-order valence-electron chi connectivity index (χ1n) is 8.37. The van der Waals surface area contributed by atoms with Gasteiger partial charge in [-0.2, -0.15) is 5.10 Å². The Hall–Kier alpha value is -1.42. The third kappa shape index (κ3) is 3.89. The number of aromatic amines is 1. The number of carbonyl (C=O) groups is 2. The number of hydrogen-bond acceptors (Lipinski definition) is 5. The van der Waals surface area contributed by atoms with Crippen LogP contribution in [0, 0.1) is 3.57 Å². The van der Waals surface area contributed by atoms with Gasteiger partial charge in [0.25, 0.3) is 5.91 Å². The molecule has 1 unspecified atom stereocenters. The number of hydrogen-bond donors (Lipinski definition) is 2. The second-order valence-corrected chi connectivity index (χ2v) is 8.35. The van der Waals surface area contributed by atoms with Crippen molar-refractivity contribution < 1.29 is 14.3 Å². The summed E-state index contributed by atoms with van der Waals surface area (Å²) in [4.78, 5) is 26.4. The standard InChI is InChI=1S/C17H20IN3O3S/c1-3-9(2)24-17(23)13-10-6-4-5-7-12(10)25-16(13)20-15(22)14-11(18)8-19-21-14/h8-9H,3-7H2,1-2H3,(H,19,21)(H,20,22). The Labute approximate surface area is 163 Å². The van der Waals surface area contributed by atoms with Crippen LogP contribution in [-0.4, -0.2) is 28.2 Å². The Balaban J connectivity index is 1.92. The van der Waals surface area contributed by atoms with E-state index >= 15 is 0 Å². The zero-order valence-electron chi connectivity index (χ0n) is 14.1. The van der Waals surface area contributed by atoms with E-state index in [9.17, 15) is 9.59 Å². The quantitative estimate of drug-likeness (QED) is 0.505. The number of aryl methyl sites for hydroxylation is 1. The molecule has 0 saturated carbocycles. The predicted octanol–water partition coefficient (Wildman–Crippen LogP) is 4.16. The summed E-state index contributed by atoms with van der Waals surface area (Å²) >= 11 is 3.54. The zero-order chi connectivity index (χ0) is 18.0. The van der Waals surface area contributed by atoms with Crippen LogP contribution in [0.4, 0.5) is 5.00 Å². The molecule has 1 aliphatic carbocycles. The Morgan fingerprint density at radius 3 is 2.88 bits per heavy atom. The van der Waals surface area contributed by atoms with Gasteiger partial charge >= 0.3 is 5.97 Å². The molecule has 2 heterocycles. The minimum atomic E-state index is -0.344. The van der Waals surface area contributed by atoms with E-state index in [1.807, 2.05) is 13.8 Å². The van der Waals surface area contributed by atoms with E-state index in [1.54, 1.807) is 6.20 Å². The first-order valence-corrected chi connectivity index (χ1v) is 10.3. The van der Waals surface area contributed by atoms with Crippen LogP contribution in [0.1, 0.15) is 64.4 Å². The van der Waals surface area contributed by atoms with Gasteiger partial charge in [0.1, 0.15) is 10.7 Å². The molecule has 0 saturated heterocycles. The van der Waals surface area contributed by atoms with Crippen molar-refractivity contribution in [2.45, 2.75) is 52.1 Å². The highest BCUT2D eigenvalue weighted by molar-refractivity contribution is 14.1. The Bertz CT molecular complexity index is 799. The van der Waals surface area contributed by atoms with Crippen LogP contribution in [0.3, 0.4) is 0 Å². The molecule has 6 nitrogen and oxygen atoms in total. The maximum atomic E-state index is 12.7. The number of thiophene rings is 1. The minimum Gasteiger partial charge on any atom is -0.459 e. The van der Waals surface area contributed by atoms with Crippen LogP contribution < -0.4 is 5.32 Å². The number of H-pyrrole nitrogens is 1. The number of nitrogens with zero attached hydrogens (tertiary/aromatic N) is 1. The molecule has 0 aliphatic heterocycles. The first kappa shape index (κ1) is 18.4. The maximum Gasteiger partial charge on any atom is 0.341 e. The van der Waals surface area contributed by atoms with Crippen LogP contribution in [0.2, 0.25) is 0 Å². The molecule has 134 valence electrons. The fourth-order valence-corrected chi connectivity index (χ4v) is 4.57. The van der Waals surface area contributed by atoms with E-state index in [0.29, 0.717) is 16.3 Å². The van der Waals surface area contributed by atoms with E-state index in [4.69, 9.17) is 4.74 Å². The summed E-state index contributed by atoms with van der Waals surface area (Å²) < 4.78 is 6.28. The topological polar surface area (TPSA) is 84.1 Å². The molecule has 0 radical (unpaired) electrons. The number of halogens is 1. The molecule has 0 aromatic carbocycles. The van der Waals surface area contributed by atoms with E-state index in [1.165, 1.54) is 16.2 Å². The molecule has 25 heavy (non-hydrogen) atoms. The molecule has 8 heteroatoms. The van der Waals surface area contributed by atoms with Gasteiger partial charge in [-0.05, 0) is 67.2 Å². The summed E-state index contributed by atoms with van der Waals surface area (Å²) in [5.41, 5.74) is 1.97. The molecule has 0 fully saturated rings. The predicted molar refractivity (Wildman–Crippen MR) is 105 cm³/mol. The number of ether oxygens (including phenoxy) is 1. The lowest BCUT2D eigenvalue weighted by atomic mass is 9.95. The monoisotopic (exact) mass is 473 g/mol. The van der Waals surface area contributed by atoms with Crippen molar-refractivity contribution in [1.29, 1.82) is 0 Å². The van der Waals surface area contributed by atoms with Gasteiger partial charge in [-0.1, -0.05) is 6.92 Å². The summed E-state index contributed by atoms with van der Waals surface area (Å²) in [6, 6.07) is 0. The first-order chi connectivity index (χ1) is 12.0. The van der Waals surface area contributed by atoms with E-state index in [2.05, 4.69) is 38.1 Å². The smallest absolute Gasteiger partial charge is 0.341 e. The molecule has 0 spiro atoms. The molecular formula is C17H20IN3O3S. The molecule has 1 aliphatic rings. The summed E-state index contributed by atoms with van der Waals surface area (Å²) in [5, 5.41) is 10.0. The zero-order valence-corrected chi connectivity index (χ0v) is 17.1. The van der Waals surface area contributed by atoms with Gasteiger partial charge in [0.2, 0.25) is 0 Å². The largest absolute Gasteiger partial charge is 0.459 e. The highest BCUT2D eigenvalue weighted by Crippen LogP contribution is 2.39. The Morgan fingerprint density at radius 1 is 1.44 bits per heavy atom. The van der Waals surface area contributed by atoms with Crippen molar-refractivity contribution in [3.05, 3.63) is 31.5 Å². The average molecular weight is 473 g/mol. The number of carbonyl (C=O) groups excluding carboxylic acids is 2. The molecule has 2 N–H and O–H groups in total. The van der Waals surface area contributed by atoms with Crippen molar-refractivity contribution in [1.82, 2.24) is 10.2 Å². The van der Waals surface area contributed by atoms with Gasteiger partial charge < -0.3 is 10.1 Å². The van der Waals surface area contributed by atoms with Crippen molar-refractivity contribution >= 4 is 50.8 Å². The fourth-order valence-electron chi connectivity index (χ4n) is 2.79. The van der Waals surface area contributed by atoms with Crippen LogP contribution in [0.15, 0.2) is 6.20 Å². The SMILES string of the molecule is CCC(C)OC(=O)c1c(NC(=O)c2[nH]ncc2I)sc2c1CCCC2. The Kier molecular flexibility index (Phi) is 5.78. The van der Waals surface area contributed by atoms with Gasteiger partial charge in [-0.3, -0.25) is 9.89 Å². The van der Waals surface area contributed by atoms with Crippen molar-refractivity contribution in [3.63, 3.8) is 0 Å². The normalized spacial score (nSPS) is 14.7. The van der Waals surface area contributed by atoms with Crippen molar-refractivity contribution in [2.24, 2.45) is 0 Å². The number of nitrogens with one attached hydrogen (secondary N) is 2. The molecule has 2 aromatic heterocycles. The van der Waals surface area contributed by atoms with Gasteiger partial charge in [0, 0.05) is 4.88 Å². The summed E-state index contributed by atoms with van der Waals surface area (Å²) in [7, 11) is 0.